The number of halogens is 1. The van der Waals surface area contributed by atoms with Crippen LogP contribution in [0, 0.1) is 24.0 Å². The maximum atomic E-state index is 11.9. The van der Waals surface area contributed by atoms with Gasteiger partial charge in [0.25, 0.3) is 0 Å². The highest BCUT2D eigenvalue weighted by Gasteiger charge is 2.16. The van der Waals surface area contributed by atoms with Crippen LogP contribution >= 0.6 is 15.9 Å². The van der Waals surface area contributed by atoms with Crippen LogP contribution in [0.1, 0.15) is 11.1 Å². The molecule has 0 fully saturated rings. The molecule has 2 rings (SSSR count). The molecular formula is C16H14BrNO5. The highest BCUT2D eigenvalue weighted by atomic mass is 79.9. The van der Waals surface area contributed by atoms with Gasteiger partial charge in [-0.05, 0) is 43.2 Å². The molecule has 0 N–H and O–H groups in total. The number of hydrogen-bond donors (Lipinski definition) is 0. The average molecular weight is 380 g/mol. The first-order valence-electron chi connectivity index (χ1n) is 6.72. The molecule has 6 nitrogen and oxygen atoms in total. The quantitative estimate of drug-likeness (QED) is 0.340. The van der Waals surface area contributed by atoms with E-state index in [2.05, 4.69) is 15.9 Å². The van der Waals surface area contributed by atoms with Gasteiger partial charge >= 0.3 is 11.7 Å². The molecule has 2 aromatic rings. The average Bonchev–Trinajstić information content (AvgIpc) is 2.49. The van der Waals surface area contributed by atoms with Crippen molar-refractivity contribution < 1.29 is 19.2 Å². The first-order valence-corrected chi connectivity index (χ1v) is 7.51. The molecule has 2 aromatic carbocycles. The van der Waals surface area contributed by atoms with Crippen molar-refractivity contribution in [3.63, 3.8) is 0 Å². The second kappa shape index (κ2) is 7.23. The number of carbonyl (C=O) groups is 1. The summed E-state index contributed by atoms with van der Waals surface area (Å²) in [5.41, 5.74) is 1.41. The van der Waals surface area contributed by atoms with Gasteiger partial charge in [-0.2, -0.15) is 0 Å². The number of ether oxygens (including phenoxy) is 2. The second-order valence-corrected chi connectivity index (χ2v) is 5.77. The Morgan fingerprint density at radius 1 is 1.22 bits per heavy atom. The number of rotatable bonds is 5. The van der Waals surface area contributed by atoms with E-state index in [1.807, 2.05) is 26.0 Å². The summed E-state index contributed by atoms with van der Waals surface area (Å²) >= 11 is 3.37. The molecule has 7 heteroatoms. The van der Waals surface area contributed by atoms with Crippen molar-refractivity contribution in [2.75, 3.05) is 6.61 Å². The van der Waals surface area contributed by atoms with Gasteiger partial charge in [-0.25, -0.2) is 4.79 Å². The first kappa shape index (κ1) is 17.0. The summed E-state index contributed by atoms with van der Waals surface area (Å²) in [4.78, 5) is 22.2. The fraction of sp³-hybridized carbons (Fsp3) is 0.188. The lowest BCUT2D eigenvalue weighted by Crippen LogP contribution is -2.19. The van der Waals surface area contributed by atoms with Crippen molar-refractivity contribution in [1.82, 2.24) is 0 Å². The second-order valence-electron chi connectivity index (χ2n) is 4.86. The molecule has 0 radical (unpaired) electrons. The zero-order chi connectivity index (χ0) is 17.0. The van der Waals surface area contributed by atoms with E-state index < -0.39 is 17.5 Å². The first-order chi connectivity index (χ1) is 10.9. The topological polar surface area (TPSA) is 78.7 Å². The predicted molar refractivity (Wildman–Crippen MR) is 87.8 cm³/mol. The zero-order valence-corrected chi connectivity index (χ0v) is 14.1. The molecular weight excluding hydrogens is 366 g/mol. The molecule has 0 aliphatic rings. The zero-order valence-electron chi connectivity index (χ0n) is 12.5. The third kappa shape index (κ3) is 4.29. The molecule has 0 aliphatic carbocycles. The van der Waals surface area contributed by atoms with Gasteiger partial charge in [0.05, 0.1) is 4.92 Å². The Bertz CT molecular complexity index is 737. The summed E-state index contributed by atoms with van der Waals surface area (Å²) in [5, 5.41) is 10.9. The number of hydrogen-bond acceptors (Lipinski definition) is 5. The fourth-order valence-corrected chi connectivity index (χ4v) is 2.76. The number of nitrogens with zero attached hydrogens (tertiary/aromatic N) is 1. The van der Waals surface area contributed by atoms with Crippen molar-refractivity contribution in [3.8, 4) is 11.5 Å². The Balaban J connectivity index is 2.06. The normalized spacial score (nSPS) is 10.2. The Kier molecular flexibility index (Phi) is 5.33. The Morgan fingerprint density at radius 2 is 1.83 bits per heavy atom. The molecule has 0 aromatic heterocycles. The van der Waals surface area contributed by atoms with Gasteiger partial charge in [0, 0.05) is 10.5 Å². The van der Waals surface area contributed by atoms with Gasteiger partial charge in [-0.1, -0.05) is 28.1 Å². The number of carbonyl (C=O) groups excluding carboxylic acids is 1. The van der Waals surface area contributed by atoms with Crippen LogP contribution in [0.5, 0.6) is 11.5 Å². The molecule has 0 saturated carbocycles. The number of aryl methyl sites for hydroxylation is 2. The van der Waals surface area contributed by atoms with Crippen molar-refractivity contribution in [2.45, 2.75) is 13.8 Å². The fourth-order valence-electron chi connectivity index (χ4n) is 2.07. The van der Waals surface area contributed by atoms with E-state index in [1.54, 1.807) is 6.07 Å². The van der Waals surface area contributed by atoms with Crippen LogP contribution in [0.3, 0.4) is 0 Å². The third-order valence-corrected chi connectivity index (χ3v) is 3.51. The molecule has 0 amide bonds. The lowest BCUT2D eigenvalue weighted by Gasteiger charge is -2.11. The van der Waals surface area contributed by atoms with E-state index in [4.69, 9.17) is 9.47 Å². The maximum Gasteiger partial charge on any atom is 0.349 e. The van der Waals surface area contributed by atoms with Crippen molar-refractivity contribution in [3.05, 3.63) is 62.1 Å². The SMILES string of the molecule is Cc1cc(Br)cc(C)c1OC(=O)COc1ccccc1[N+](=O)[O-]. The molecule has 23 heavy (non-hydrogen) atoms. The summed E-state index contributed by atoms with van der Waals surface area (Å²) < 4.78 is 11.4. The molecule has 120 valence electrons. The predicted octanol–water partition coefficient (Wildman–Crippen LogP) is 3.96. The largest absolute Gasteiger partial charge is 0.475 e. The summed E-state index contributed by atoms with van der Waals surface area (Å²) in [6, 6.07) is 9.52. The molecule has 0 atom stereocenters. The van der Waals surface area contributed by atoms with E-state index in [1.165, 1.54) is 18.2 Å². The molecule has 0 aliphatic heterocycles. The summed E-state index contributed by atoms with van der Waals surface area (Å²) in [6.45, 7) is 3.23. The monoisotopic (exact) mass is 379 g/mol. The number of para-hydroxylation sites is 2. The van der Waals surface area contributed by atoms with Crippen molar-refractivity contribution >= 4 is 27.6 Å². The van der Waals surface area contributed by atoms with E-state index in [0.29, 0.717) is 5.75 Å². The molecule has 0 heterocycles. The maximum absolute atomic E-state index is 11.9. The Hall–Kier alpha value is -2.41. The minimum atomic E-state index is -0.628. The van der Waals surface area contributed by atoms with Gasteiger partial charge in [-0.3, -0.25) is 10.1 Å². The van der Waals surface area contributed by atoms with Gasteiger partial charge in [0.2, 0.25) is 0 Å². The minimum Gasteiger partial charge on any atom is -0.475 e. The van der Waals surface area contributed by atoms with Crippen LogP contribution in [0.25, 0.3) is 0 Å². The molecule has 0 saturated heterocycles. The third-order valence-electron chi connectivity index (χ3n) is 3.05. The van der Waals surface area contributed by atoms with Gasteiger partial charge < -0.3 is 9.47 Å². The van der Waals surface area contributed by atoms with Gasteiger partial charge in [0.1, 0.15) is 5.75 Å². The standard InChI is InChI=1S/C16H14BrNO5/c1-10-7-12(17)8-11(2)16(10)23-15(19)9-22-14-6-4-3-5-13(14)18(20)21/h3-8H,9H2,1-2H3. The van der Waals surface area contributed by atoms with Crippen LogP contribution in [0.15, 0.2) is 40.9 Å². The van der Waals surface area contributed by atoms with E-state index >= 15 is 0 Å². The number of nitro benzene ring substituents is 1. The van der Waals surface area contributed by atoms with Gasteiger partial charge in [0.15, 0.2) is 12.4 Å². The van der Waals surface area contributed by atoms with Crippen LogP contribution < -0.4 is 9.47 Å². The number of benzene rings is 2. The lowest BCUT2D eigenvalue weighted by atomic mass is 10.1. The highest BCUT2D eigenvalue weighted by molar-refractivity contribution is 9.10. The number of esters is 1. The molecule has 0 unspecified atom stereocenters. The highest BCUT2D eigenvalue weighted by Crippen LogP contribution is 2.28. The van der Waals surface area contributed by atoms with Crippen LogP contribution in [0.4, 0.5) is 5.69 Å². The smallest absolute Gasteiger partial charge is 0.349 e. The molecule has 0 spiro atoms. The number of nitro groups is 1. The summed E-state index contributed by atoms with van der Waals surface area (Å²) in [6.07, 6.45) is 0. The van der Waals surface area contributed by atoms with E-state index in [9.17, 15) is 14.9 Å². The Labute approximate surface area is 141 Å². The van der Waals surface area contributed by atoms with Crippen molar-refractivity contribution in [2.24, 2.45) is 0 Å². The van der Waals surface area contributed by atoms with Crippen LogP contribution in [-0.2, 0) is 4.79 Å². The van der Waals surface area contributed by atoms with Crippen molar-refractivity contribution in [1.29, 1.82) is 0 Å². The minimum absolute atomic E-state index is 0.0266. The Morgan fingerprint density at radius 3 is 2.43 bits per heavy atom. The van der Waals surface area contributed by atoms with Crippen LogP contribution in [0.2, 0.25) is 0 Å². The summed E-state index contributed by atoms with van der Waals surface area (Å²) in [5.74, 6) is -0.139. The van der Waals surface area contributed by atoms with Crippen LogP contribution in [-0.4, -0.2) is 17.5 Å². The van der Waals surface area contributed by atoms with Gasteiger partial charge in [-0.15, -0.1) is 0 Å². The lowest BCUT2D eigenvalue weighted by molar-refractivity contribution is -0.385. The summed E-state index contributed by atoms with van der Waals surface area (Å²) in [7, 11) is 0. The molecule has 0 bridgehead atoms. The van der Waals surface area contributed by atoms with E-state index in [-0.39, 0.29) is 11.4 Å². The van der Waals surface area contributed by atoms with E-state index in [0.717, 1.165) is 15.6 Å².